The molecule has 5 nitrogen and oxygen atoms in total. The third-order valence-electron chi connectivity index (χ3n) is 3.61. The minimum atomic E-state index is -0.135. The van der Waals surface area contributed by atoms with Crippen LogP contribution >= 0.6 is 0 Å². The van der Waals surface area contributed by atoms with Gasteiger partial charge in [-0.3, -0.25) is 4.79 Å². The molecule has 2 aromatic carbocycles. The number of nitrogens with zero attached hydrogens (tertiary/aromatic N) is 1. The number of hydrogen-bond donors (Lipinski definition) is 2. The smallest absolute Gasteiger partial charge is 0.255 e. The highest BCUT2D eigenvalue weighted by Crippen LogP contribution is 2.16. The molecule has 0 aromatic heterocycles. The number of rotatable bonds is 8. The second-order valence-electron chi connectivity index (χ2n) is 5.84. The van der Waals surface area contributed by atoms with Gasteiger partial charge in [0.05, 0.1) is 7.11 Å². The van der Waals surface area contributed by atoms with E-state index in [0.717, 1.165) is 36.6 Å². The summed E-state index contributed by atoms with van der Waals surface area (Å²) in [6.07, 6.45) is 1.09. The molecule has 24 heavy (non-hydrogen) atoms. The number of nitrogens with one attached hydrogen (secondary N) is 2. The highest BCUT2D eigenvalue weighted by Gasteiger charge is 2.06. The molecular weight excluding hydrogens is 302 g/mol. The fraction of sp³-hybridized carbons (Fsp3) is 0.316. The Kier molecular flexibility index (Phi) is 6.63. The quantitative estimate of drug-likeness (QED) is 0.731. The number of amides is 1. The van der Waals surface area contributed by atoms with Crippen molar-refractivity contribution in [1.29, 1.82) is 0 Å². The van der Waals surface area contributed by atoms with Crippen molar-refractivity contribution < 1.29 is 9.53 Å². The molecule has 0 saturated carbocycles. The maximum atomic E-state index is 12.2. The van der Waals surface area contributed by atoms with Gasteiger partial charge in [0.25, 0.3) is 5.91 Å². The molecule has 0 atom stereocenters. The van der Waals surface area contributed by atoms with E-state index in [2.05, 4.69) is 29.6 Å². The fourth-order valence-corrected chi connectivity index (χ4v) is 2.25. The lowest BCUT2D eigenvalue weighted by molar-refractivity contribution is 0.102. The standard InChI is InChI=1S/C19H25N3O2/c1-22(2)14-4-13-20-16-7-9-17(10-8-16)21-19(23)15-5-11-18(24-3)12-6-15/h5-12,20H,4,13-14H2,1-3H3,(H,21,23). The van der Waals surface area contributed by atoms with Gasteiger partial charge in [-0.05, 0) is 75.6 Å². The van der Waals surface area contributed by atoms with E-state index < -0.39 is 0 Å². The van der Waals surface area contributed by atoms with Crippen LogP contribution in [0.3, 0.4) is 0 Å². The van der Waals surface area contributed by atoms with Gasteiger partial charge >= 0.3 is 0 Å². The van der Waals surface area contributed by atoms with E-state index in [-0.39, 0.29) is 5.91 Å². The molecule has 0 spiro atoms. The highest BCUT2D eigenvalue weighted by molar-refractivity contribution is 6.04. The van der Waals surface area contributed by atoms with E-state index in [4.69, 9.17) is 4.74 Å². The van der Waals surface area contributed by atoms with Crippen molar-refractivity contribution in [3.8, 4) is 5.75 Å². The van der Waals surface area contributed by atoms with Crippen molar-refractivity contribution >= 4 is 17.3 Å². The van der Waals surface area contributed by atoms with Crippen molar-refractivity contribution in [3.63, 3.8) is 0 Å². The Bertz CT molecular complexity index is 637. The van der Waals surface area contributed by atoms with Gasteiger partial charge in [0.15, 0.2) is 0 Å². The van der Waals surface area contributed by atoms with E-state index in [1.165, 1.54) is 0 Å². The Morgan fingerprint density at radius 1 is 1.00 bits per heavy atom. The van der Waals surface area contributed by atoms with Gasteiger partial charge in [0.1, 0.15) is 5.75 Å². The molecule has 2 N–H and O–H groups in total. The van der Waals surface area contributed by atoms with E-state index in [9.17, 15) is 4.79 Å². The van der Waals surface area contributed by atoms with Crippen molar-refractivity contribution in [3.05, 3.63) is 54.1 Å². The topological polar surface area (TPSA) is 53.6 Å². The zero-order chi connectivity index (χ0) is 17.4. The average molecular weight is 327 g/mol. The average Bonchev–Trinajstić information content (AvgIpc) is 2.60. The van der Waals surface area contributed by atoms with E-state index in [1.807, 2.05) is 24.3 Å². The number of hydrogen-bond acceptors (Lipinski definition) is 4. The number of ether oxygens (including phenoxy) is 1. The van der Waals surface area contributed by atoms with Crippen LogP contribution in [0.2, 0.25) is 0 Å². The lowest BCUT2D eigenvalue weighted by atomic mass is 10.2. The molecular formula is C19H25N3O2. The summed E-state index contributed by atoms with van der Waals surface area (Å²) in [5.74, 6) is 0.598. The van der Waals surface area contributed by atoms with Gasteiger partial charge in [0.2, 0.25) is 0 Å². The SMILES string of the molecule is COc1ccc(C(=O)Nc2ccc(NCCCN(C)C)cc2)cc1. The molecule has 0 aliphatic rings. The van der Waals surface area contributed by atoms with Crippen molar-refractivity contribution in [2.75, 3.05) is 44.9 Å². The Hall–Kier alpha value is -2.53. The summed E-state index contributed by atoms with van der Waals surface area (Å²) in [6, 6.07) is 14.8. The minimum Gasteiger partial charge on any atom is -0.497 e. The zero-order valence-corrected chi connectivity index (χ0v) is 14.5. The third kappa shape index (κ3) is 5.59. The number of carbonyl (C=O) groups is 1. The first-order chi connectivity index (χ1) is 11.6. The molecule has 0 heterocycles. The van der Waals surface area contributed by atoms with Gasteiger partial charge in [-0.1, -0.05) is 0 Å². The third-order valence-corrected chi connectivity index (χ3v) is 3.61. The Morgan fingerprint density at radius 2 is 1.62 bits per heavy atom. The van der Waals surface area contributed by atoms with Crippen LogP contribution in [0.25, 0.3) is 0 Å². The van der Waals surface area contributed by atoms with Crippen LogP contribution in [0.1, 0.15) is 16.8 Å². The minimum absolute atomic E-state index is 0.135. The Morgan fingerprint density at radius 3 is 2.21 bits per heavy atom. The molecule has 0 fully saturated rings. The highest BCUT2D eigenvalue weighted by atomic mass is 16.5. The molecule has 128 valence electrons. The summed E-state index contributed by atoms with van der Waals surface area (Å²) < 4.78 is 5.09. The Labute approximate surface area is 143 Å². The summed E-state index contributed by atoms with van der Waals surface area (Å²) in [6.45, 7) is 1.98. The van der Waals surface area contributed by atoms with E-state index >= 15 is 0 Å². The summed E-state index contributed by atoms with van der Waals surface area (Å²) in [4.78, 5) is 14.4. The lowest BCUT2D eigenvalue weighted by Gasteiger charge is -2.11. The summed E-state index contributed by atoms with van der Waals surface area (Å²) in [7, 11) is 5.74. The molecule has 0 bridgehead atoms. The summed E-state index contributed by atoms with van der Waals surface area (Å²) >= 11 is 0. The maximum absolute atomic E-state index is 12.2. The predicted octanol–water partition coefficient (Wildman–Crippen LogP) is 3.31. The molecule has 1 amide bonds. The second kappa shape index (κ2) is 8.93. The largest absolute Gasteiger partial charge is 0.497 e. The molecule has 0 saturated heterocycles. The molecule has 2 aromatic rings. The first kappa shape index (κ1) is 17.8. The van der Waals surface area contributed by atoms with Crippen molar-refractivity contribution in [1.82, 2.24) is 4.90 Å². The first-order valence-electron chi connectivity index (χ1n) is 8.02. The van der Waals surface area contributed by atoms with Crippen molar-refractivity contribution in [2.24, 2.45) is 0 Å². The maximum Gasteiger partial charge on any atom is 0.255 e. The molecule has 0 unspecified atom stereocenters. The Balaban J connectivity index is 1.85. The number of methoxy groups -OCH3 is 1. The first-order valence-corrected chi connectivity index (χ1v) is 8.02. The van der Waals surface area contributed by atoms with Crippen LogP contribution in [0.4, 0.5) is 11.4 Å². The zero-order valence-electron chi connectivity index (χ0n) is 14.5. The fourth-order valence-electron chi connectivity index (χ4n) is 2.25. The van der Waals surface area contributed by atoms with Crippen LogP contribution < -0.4 is 15.4 Å². The predicted molar refractivity (Wildman–Crippen MR) is 99.0 cm³/mol. The van der Waals surface area contributed by atoms with E-state index in [0.29, 0.717) is 5.56 Å². The van der Waals surface area contributed by atoms with Gasteiger partial charge in [-0.25, -0.2) is 0 Å². The molecule has 0 radical (unpaired) electrons. The van der Waals surface area contributed by atoms with Crippen LogP contribution in [-0.4, -0.2) is 45.1 Å². The van der Waals surface area contributed by atoms with Crippen LogP contribution in [-0.2, 0) is 0 Å². The normalized spacial score (nSPS) is 10.5. The number of anilines is 2. The number of carbonyl (C=O) groups excluding carboxylic acids is 1. The second-order valence-corrected chi connectivity index (χ2v) is 5.84. The monoisotopic (exact) mass is 327 g/mol. The van der Waals surface area contributed by atoms with Gasteiger partial charge in [-0.2, -0.15) is 0 Å². The van der Waals surface area contributed by atoms with Crippen LogP contribution in [0.15, 0.2) is 48.5 Å². The molecule has 5 heteroatoms. The molecule has 0 aliphatic carbocycles. The summed E-state index contributed by atoms with van der Waals surface area (Å²) in [5, 5.41) is 6.26. The van der Waals surface area contributed by atoms with Crippen LogP contribution in [0.5, 0.6) is 5.75 Å². The van der Waals surface area contributed by atoms with Crippen LogP contribution in [0, 0.1) is 0 Å². The lowest BCUT2D eigenvalue weighted by Crippen LogP contribution is -2.16. The summed E-state index contributed by atoms with van der Waals surface area (Å²) in [5.41, 5.74) is 2.42. The molecule has 0 aliphatic heterocycles. The molecule has 2 rings (SSSR count). The van der Waals surface area contributed by atoms with Crippen molar-refractivity contribution in [2.45, 2.75) is 6.42 Å². The van der Waals surface area contributed by atoms with Gasteiger partial charge in [-0.15, -0.1) is 0 Å². The van der Waals surface area contributed by atoms with E-state index in [1.54, 1.807) is 31.4 Å². The van der Waals surface area contributed by atoms with Gasteiger partial charge < -0.3 is 20.3 Å². The van der Waals surface area contributed by atoms with Gasteiger partial charge in [0, 0.05) is 23.5 Å². The number of benzene rings is 2.